The van der Waals surface area contributed by atoms with Gasteiger partial charge in [0, 0.05) is 13.0 Å². The van der Waals surface area contributed by atoms with Crippen molar-refractivity contribution in [2.45, 2.75) is 213 Å². The molecule has 50 heavy (non-hydrogen) atoms. The largest absolute Gasteiger partial charge is 0.413 e. The Balaban J connectivity index is 1.47. The van der Waals surface area contributed by atoms with Crippen LogP contribution in [0.4, 0.5) is 0 Å². The minimum atomic E-state index is -1.98. The maximum absolute atomic E-state index is 7.12. The van der Waals surface area contributed by atoms with Crippen molar-refractivity contribution in [2.75, 3.05) is 6.61 Å². The maximum Gasteiger partial charge on any atom is 0.192 e. The Morgan fingerprint density at radius 3 is 2.18 bits per heavy atom. The first kappa shape index (κ1) is 42.2. The van der Waals surface area contributed by atoms with Crippen LogP contribution in [0.25, 0.3) is 0 Å². The molecule has 1 aliphatic heterocycles. The number of hydrogen-bond donors (Lipinski definition) is 0. The Bertz CT molecular complexity index is 1210. The summed E-state index contributed by atoms with van der Waals surface area (Å²) >= 11 is 0. The molecule has 0 radical (unpaired) electrons. The molecular weight excluding hydrogens is 649 g/mol. The first-order valence-corrected chi connectivity index (χ1v) is 26.5. The van der Waals surface area contributed by atoms with Crippen molar-refractivity contribution >= 4 is 16.6 Å². The molecule has 0 aromatic carbocycles. The van der Waals surface area contributed by atoms with Crippen molar-refractivity contribution < 1.29 is 18.3 Å². The predicted octanol–water partition coefficient (Wildman–Crippen LogP) is 13.3. The standard InChI is InChI=1S/C44H80O4Si2/c1-32(20-18-27-43(9,10)46-40-22-16-17-29-45-40)37-25-26-38-34(21-19-28-44(37,38)11)23-24-35-30-36(47-49(12,13)41(3,4)5)31-39(33(35)2)48-50(14,15)42(6,7)8/h23-24,32,36-40H,2,16-22,25-31H2,1,3-15H3/b34-23+,35-24-. The lowest BCUT2D eigenvalue weighted by molar-refractivity contribution is -0.217. The van der Waals surface area contributed by atoms with E-state index in [0.29, 0.717) is 11.3 Å². The summed E-state index contributed by atoms with van der Waals surface area (Å²) in [6, 6.07) is 0. The van der Waals surface area contributed by atoms with Gasteiger partial charge >= 0.3 is 0 Å². The van der Waals surface area contributed by atoms with Gasteiger partial charge in [-0.25, -0.2) is 0 Å². The van der Waals surface area contributed by atoms with Crippen molar-refractivity contribution in [2.24, 2.45) is 23.2 Å². The molecular formula is C44H80O4Si2. The van der Waals surface area contributed by atoms with Crippen molar-refractivity contribution in [3.8, 4) is 0 Å². The zero-order chi connectivity index (χ0) is 37.3. The molecule has 4 fully saturated rings. The molecule has 1 heterocycles. The van der Waals surface area contributed by atoms with Crippen LogP contribution in [0.5, 0.6) is 0 Å². The first-order chi connectivity index (χ1) is 23.0. The number of ether oxygens (including phenoxy) is 2. The van der Waals surface area contributed by atoms with Gasteiger partial charge in [-0.3, -0.25) is 0 Å². The zero-order valence-corrected chi connectivity index (χ0v) is 37.4. The molecule has 3 aliphatic carbocycles. The number of allylic oxidation sites excluding steroid dienone is 3. The van der Waals surface area contributed by atoms with Crippen LogP contribution in [-0.4, -0.2) is 47.3 Å². The van der Waals surface area contributed by atoms with Gasteiger partial charge in [0.1, 0.15) is 0 Å². The van der Waals surface area contributed by atoms with Gasteiger partial charge in [-0.15, -0.1) is 0 Å². The number of fused-ring (bicyclic) bond motifs is 1. The molecule has 6 heteroatoms. The van der Waals surface area contributed by atoms with E-state index in [-0.39, 0.29) is 34.2 Å². The average Bonchev–Trinajstić information content (AvgIpc) is 3.34. The third-order valence-corrected chi connectivity index (χ3v) is 23.5. The second-order valence-corrected chi connectivity index (χ2v) is 30.4. The van der Waals surface area contributed by atoms with Crippen LogP contribution in [0.2, 0.25) is 36.3 Å². The van der Waals surface area contributed by atoms with Gasteiger partial charge in [-0.05, 0) is 149 Å². The highest BCUT2D eigenvalue weighted by atomic mass is 28.4. The van der Waals surface area contributed by atoms with Gasteiger partial charge in [-0.2, -0.15) is 0 Å². The minimum Gasteiger partial charge on any atom is -0.413 e. The third kappa shape index (κ3) is 10.2. The molecule has 4 nitrogen and oxygen atoms in total. The minimum absolute atomic E-state index is 0.00920. The summed E-state index contributed by atoms with van der Waals surface area (Å²) in [6.45, 7) is 38.9. The van der Waals surface area contributed by atoms with E-state index >= 15 is 0 Å². The van der Waals surface area contributed by atoms with E-state index in [1.165, 1.54) is 68.9 Å². The van der Waals surface area contributed by atoms with Crippen LogP contribution in [0.15, 0.2) is 35.5 Å². The lowest BCUT2D eigenvalue weighted by Gasteiger charge is -2.46. The van der Waals surface area contributed by atoms with Crippen LogP contribution in [0.1, 0.15) is 153 Å². The second kappa shape index (κ2) is 16.1. The van der Waals surface area contributed by atoms with Crippen molar-refractivity contribution in [3.63, 3.8) is 0 Å². The summed E-state index contributed by atoms with van der Waals surface area (Å²) < 4.78 is 26.6. The van der Waals surface area contributed by atoms with Gasteiger partial charge in [0.25, 0.3) is 0 Å². The van der Waals surface area contributed by atoms with E-state index in [1.54, 1.807) is 5.57 Å². The van der Waals surface area contributed by atoms with Crippen molar-refractivity contribution in [3.05, 3.63) is 35.5 Å². The Hall–Kier alpha value is -0.506. The molecule has 0 aromatic heterocycles. The molecule has 0 spiro atoms. The predicted molar refractivity (Wildman–Crippen MR) is 219 cm³/mol. The quantitative estimate of drug-likeness (QED) is 0.188. The lowest BCUT2D eigenvalue weighted by Crippen LogP contribution is -2.49. The van der Waals surface area contributed by atoms with Crippen LogP contribution in [0.3, 0.4) is 0 Å². The Labute approximate surface area is 312 Å². The molecule has 4 rings (SSSR count). The summed E-state index contributed by atoms with van der Waals surface area (Å²) in [5, 5.41) is 0.336. The van der Waals surface area contributed by atoms with Crippen LogP contribution in [-0.2, 0) is 18.3 Å². The SMILES string of the molecule is C=C1/C(=C\C=C2/CCCC3(C)C2CCC3C(C)CCCC(C)(C)OC2CCCCO2)CC(O[Si](C)(C)C(C)(C)C)CC1O[Si](C)(C)C(C)(C)C. The molecule has 0 bridgehead atoms. The van der Waals surface area contributed by atoms with Crippen LogP contribution >= 0.6 is 0 Å². The molecule has 4 aliphatic rings. The third-order valence-electron chi connectivity index (χ3n) is 14.5. The highest BCUT2D eigenvalue weighted by Gasteiger charge is 2.51. The molecule has 0 N–H and O–H groups in total. The van der Waals surface area contributed by atoms with E-state index in [9.17, 15) is 0 Å². The summed E-state index contributed by atoms with van der Waals surface area (Å²) in [5.41, 5.74) is 4.51. The first-order valence-electron chi connectivity index (χ1n) is 20.7. The molecule has 288 valence electrons. The smallest absolute Gasteiger partial charge is 0.192 e. The van der Waals surface area contributed by atoms with Crippen molar-refractivity contribution in [1.29, 1.82) is 0 Å². The van der Waals surface area contributed by atoms with E-state index in [4.69, 9.17) is 24.9 Å². The molecule has 0 amide bonds. The van der Waals surface area contributed by atoms with Crippen LogP contribution in [0, 0.1) is 23.2 Å². The summed E-state index contributed by atoms with van der Waals surface area (Å²) in [4.78, 5) is 0. The monoisotopic (exact) mass is 729 g/mol. The molecule has 3 saturated carbocycles. The number of hydrogen-bond acceptors (Lipinski definition) is 4. The van der Waals surface area contributed by atoms with Gasteiger partial charge in [0.05, 0.1) is 17.8 Å². The lowest BCUT2D eigenvalue weighted by atomic mass is 9.60. The van der Waals surface area contributed by atoms with Gasteiger partial charge in [-0.1, -0.05) is 92.5 Å². The molecule has 1 saturated heterocycles. The Kier molecular flexibility index (Phi) is 13.6. The van der Waals surface area contributed by atoms with Gasteiger partial charge < -0.3 is 18.3 Å². The Morgan fingerprint density at radius 2 is 1.56 bits per heavy atom. The molecule has 7 unspecified atom stereocenters. The van der Waals surface area contributed by atoms with E-state index in [2.05, 4.69) is 108 Å². The average molecular weight is 729 g/mol. The van der Waals surface area contributed by atoms with E-state index in [0.717, 1.165) is 44.1 Å². The highest BCUT2D eigenvalue weighted by Crippen LogP contribution is 2.60. The fourth-order valence-corrected chi connectivity index (χ4v) is 11.9. The fourth-order valence-electron chi connectivity index (χ4n) is 9.25. The highest BCUT2D eigenvalue weighted by molar-refractivity contribution is 6.74. The second-order valence-electron chi connectivity index (χ2n) is 20.9. The topological polar surface area (TPSA) is 36.9 Å². The molecule has 0 aromatic rings. The summed E-state index contributed by atoms with van der Waals surface area (Å²) in [5.74, 6) is 2.23. The molecule has 7 atom stereocenters. The summed E-state index contributed by atoms with van der Waals surface area (Å²) in [6.07, 6.45) is 20.7. The van der Waals surface area contributed by atoms with E-state index < -0.39 is 16.6 Å². The zero-order valence-electron chi connectivity index (χ0n) is 35.4. The Morgan fingerprint density at radius 1 is 0.900 bits per heavy atom. The van der Waals surface area contributed by atoms with Gasteiger partial charge in [0.2, 0.25) is 0 Å². The van der Waals surface area contributed by atoms with E-state index in [1.807, 2.05) is 0 Å². The maximum atomic E-state index is 7.12. The normalized spacial score (nSPS) is 32.8. The summed E-state index contributed by atoms with van der Waals surface area (Å²) in [7, 11) is -3.91. The number of rotatable bonds is 12. The van der Waals surface area contributed by atoms with Crippen molar-refractivity contribution in [1.82, 2.24) is 0 Å². The fraction of sp³-hybridized carbons (Fsp3) is 0.864. The van der Waals surface area contributed by atoms with Gasteiger partial charge in [0.15, 0.2) is 22.9 Å². The van der Waals surface area contributed by atoms with Crippen LogP contribution < -0.4 is 0 Å².